The Morgan fingerprint density at radius 3 is 2.62 bits per heavy atom. The van der Waals surface area contributed by atoms with E-state index in [0.717, 1.165) is 0 Å². The van der Waals surface area contributed by atoms with Gasteiger partial charge in [-0.1, -0.05) is 30.9 Å². The minimum absolute atomic E-state index is 0.0322. The molecule has 0 aliphatic carbocycles. The molecule has 2 rings (SSSR count). The van der Waals surface area contributed by atoms with Gasteiger partial charge in [-0.2, -0.15) is 0 Å². The topological polar surface area (TPSA) is 73.6 Å². The average Bonchev–Trinajstić information content (AvgIpc) is 2.93. The summed E-state index contributed by atoms with van der Waals surface area (Å²) in [5.74, 6) is -1.14. The van der Waals surface area contributed by atoms with E-state index >= 15 is 0 Å². The number of ether oxygens (including phenoxy) is 1. The monoisotopic (exact) mass is 306 g/mol. The van der Waals surface area contributed by atoms with E-state index in [1.807, 2.05) is 0 Å². The van der Waals surface area contributed by atoms with Gasteiger partial charge in [0.2, 0.25) is 5.76 Å². The van der Waals surface area contributed by atoms with Crippen LogP contribution in [0.15, 0.2) is 64.6 Å². The SMILES string of the molecule is C=CCOC(=O)c1occc1CS(=O)(=O)c1ccccc1. The van der Waals surface area contributed by atoms with E-state index in [1.54, 1.807) is 18.2 Å². The van der Waals surface area contributed by atoms with E-state index < -0.39 is 15.8 Å². The van der Waals surface area contributed by atoms with Crippen LogP contribution in [-0.4, -0.2) is 21.0 Å². The summed E-state index contributed by atoms with van der Waals surface area (Å²) in [6, 6.07) is 9.47. The number of benzene rings is 1. The molecule has 1 aromatic carbocycles. The zero-order valence-electron chi connectivity index (χ0n) is 11.2. The van der Waals surface area contributed by atoms with Gasteiger partial charge < -0.3 is 9.15 Å². The molecule has 5 nitrogen and oxygen atoms in total. The maximum absolute atomic E-state index is 12.3. The number of hydrogen-bond acceptors (Lipinski definition) is 5. The third kappa shape index (κ3) is 3.61. The summed E-state index contributed by atoms with van der Waals surface area (Å²) < 4.78 is 34.4. The zero-order chi connectivity index (χ0) is 15.3. The Bertz CT molecular complexity index is 728. The maximum Gasteiger partial charge on any atom is 0.374 e. The number of hydrogen-bond donors (Lipinski definition) is 0. The smallest absolute Gasteiger partial charge is 0.374 e. The van der Waals surface area contributed by atoms with Gasteiger partial charge in [0, 0.05) is 5.56 Å². The summed E-state index contributed by atoms with van der Waals surface area (Å²) in [6.07, 6.45) is 2.68. The quantitative estimate of drug-likeness (QED) is 0.606. The van der Waals surface area contributed by atoms with Gasteiger partial charge in [0.05, 0.1) is 16.9 Å². The highest BCUT2D eigenvalue weighted by Crippen LogP contribution is 2.20. The average molecular weight is 306 g/mol. The predicted octanol–water partition coefficient (Wildman–Crippen LogP) is 2.60. The van der Waals surface area contributed by atoms with Crippen molar-refractivity contribution in [3.8, 4) is 0 Å². The zero-order valence-corrected chi connectivity index (χ0v) is 12.0. The first-order valence-corrected chi connectivity index (χ1v) is 7.82. The number of esters is 1. The minimum Gasteiger partial charge on any atom is -0.457 e. The van der Waals surface area contributed by atoms with E-state index in [0.29, 0.717) is 0 Å². The lowest BCUT2D eigenvalue weighted by Crippen LogP contribution is -2.10. The Balaban J connectivity index is 2.23. The van der Waals surface area contributed by atoms with Crippen molar-refractivity contribution in [1.82, 2.24) is 0 Å². The molecule has 0 amide bonds. The third-order valence-corrected chi connectivity index (χ3v) is 4.39. The van der Waals surface area contributed by atoms with Gasteiger partial charge in [-0.25, -0.2) is 13.2 Å². The van der Waals surface area contributed by atoms with Gasteiger partial charge in [0.15, 0.2) is 9.84 Å². The minimum atomic E-state index is -3.55. The second kappa shape index (κ2) is 6.41. The van der Waals surface area contributed by atoms with Crippen LogP contribution in [0.5, 0.6) is 0 Å². The van der Waals surface area contributed by atoms with Crippen molar-refractivity contribution in [3.63, 3.8) is 0 Å². The summed E-state index contributed by atoms with van der Waals surface area (Å²) in [4.78, 5) is 11.9. The number of furan rings is 1. The fourth-order valence-electron chi connectivity index (χ4n) is 1.74. The highest BCUT2D eigenvalue weighted by molar-refractivity contribution is 7.90. The van der Waals surface area contributed by atoms with Crippen molar-refractivity contribution in [2.75, 3.05) is 6.61 Å². The van der Waals surface area contributed by atoms with Crippen molar-refractivity contribution < 1.29 is 22.4 Å². The van der Waals surface area contributed by atoms with Gasteiger partial charge in [-0.3, -0.25) is 0 Å². The van der Waals surface area contributed by atoms with Gasteiger partial charge in [0.25, 0.3) is 0 Å². The van der Waals surface area contributed by atoms with Crippen molar-refractivity contribution >= 4 is 15.8 Å². The largest absolute Gasteiger partial charge is 0.457 e. The van der Waals surface area contributed by atoms with E-state index in [9.17, 15) is 13.2 Å². The Hall–Kier alpha value is -2.34. The molecule has 0 unspecified atom stereocenters. The first-order chi connectivity index (χ1) is 10.0. The third-order valence-electron chi connectivity index (χ3n) is 2.71. The second-order valence-electron chi connectivity index (χ2n) is 4.23. The maximum atomic E-state index is 12.3. The number of rotatable bonds is 6. The van der Waals surface area contributed by atoms with Crippen LogP contribution in [0.25, 0.3) is 0 Å². The Morgan fingerprint density at radius 1 is 1.24 bits per heavy atom. The molecule has 0 radical (unpaired) electrons. The molecule has 0 bridgehead atoms. The van der Waals surface area contributed by atoms with Crippen molar-refractivity contribution in [2.45, 2.75) is 10.6 Å². The molecular formula is C15H14O5S. The Labute approximate surface area is 122 Å². The molecule has 0 aliphatic heterocycles. The molecular weight excluding hydrogens is 292 g/mol. The summed E-state index contributed by atoms with van der Waals surface area (Å²) in [7, 11) is -3.55. The first-order valence-electron chi connectivity index (χ1n) is 6.17. The summed E-state index contributed by atoms with van der Waals surface area (Å²) in [5.41, 5.74) is 0.271. The van der Waals surface area contributed by atoms with Crippen LogP contribution in [0.2, 0.25) is 0 Å². The van der Waals surface area contributed by atoms with E-state index in [1.165, 1.54) is 30.5 Å². The summed E-state index contributed by atoms with van der Waals surface area (Å²) in [5, 5.41) is 0. The van der Waals surface area contributed by atoms with E-state index in [2.05, 4.69) is 6.58 Å². The lowest BCUT2D eigenvalue weighted by atomic mass is 10.3. The van der Waals surface area contributed by atoms with Gasteiger partial charge in [0.1, 0.15) is 6.61 Å². The molecule has 2 aromatic rings. The van der Waals surface area contributed by atoms with Crippen LogP contribution < -0.4 is 0 Å². The fourth-order valence-corrected chi connectivity index (χ4v) is 3.12. The van der Waals surface area contributed by atoms with Gasteiger partial charge in [-0.05, 0) is 18.2 Å². The van der Waals surface area contributed by atoms with Crippen molar-refractivity contribution in [1.29, 1.82) is 0 Å². The van der Waals surface area contributed by atoms with Crippen molar-refractivity contribution in [3.05, 3.63) is 66.6 Å². The highest BCUT2D eigenvalue weighted by Gasteiger charge is 2.23. The molecule has 1 heterocycles. The van der Waals surface area contributed by atoms with Crippen LogP contribution in [0.1, 0.15) is 16.1 Å². The lowest BCUT2D eigenvalue weighted by molar-refractivity contribution is 0.0512. The molecule has 0 saturated heterocycles. The number of sulfone groups is 1. The number of carbonyl (C=O) groups excluding carboxylic acids is 1. The van der Waals surface area contributed by atoms with Crippen LogP contribution in [0, 0.1) is 0 Å². The van der Waals surface area contributed by atoms with Crippen LogP contribution in [0.4, 0.5) is 0 Å². The summed E-state index contributed by atoms with van der Waals surface area (Å²) >= 11 is 0. The van der Waals surface area contributed by atoms with Gasteiger partial charge in [-0.15, -0.1) is 0 Å². The second-order valence-corrected chi connectivity index (χ2v) is 6.22. The number of carbonyl (C=O) groups is 1. The predicted molar refractivity (Wildman–Crippen MR) is 76.5 cm³/mol. The van der Waals surface area contributed by atoms with Gasteiger partial charge >= 0.3 is 5.97 Å². The molecule has 0 aliphatic rings. The molecule has 0 spiro atoms. The molecule has 0 fully saturated rings. The van der Waals surface area contributed by atoms with Crippen LogP contribution in [-0.2, 0) is 20.3 Å². The molecule has 21 heavy (non-hydrogen) atoms. The van der Waals surface area contributed by atoms with Crippen molar-refractivity contribution in [2.24, 2.45) is 0 Å². The molecule has 0 saturated carbocycles. The highest BCUT2D eigenvalue weighted by atomic mass is 32.2. The molecule has 0 N–H and O–H groups in total. The van der Waals surface area contributed by atoms with Crippen LogP contribution in [0.3, 0.4) is 0 Å². The fraction of sp³-hybridized carbons (Fsp3) is 0.133. The Morgan fingerprint density at radius 2 is 1.95 bits per heavy atom. The Kier molecular flexibility index (Phi) is 4.59. The van der Waals surface area contributed by atoms with E-state index in [4.69, 9.17) is 9.15 Å². The molecule has 0 atom stereocenters. The van der Waals surface area contributed by atoms with Crippen LogP contribution >= 0.6 is 0 Å². The molecule has 110 valence electrons. The lowest BCUT2D eigenvalue weighted by Gasteiger charge is -2.05. The standard InChI is InChI=1S/C15H14O5S/c1-2-9-20-15(16)14-12(8-10-19-14)11-21(17,18)13-6-4-3-5-7-13/h2-8,10H,1,9,11H2. The van der Waals surface area contributed by atoms with E-state index in [-0.39, 0.29) is 28.6 Å². The molecule has 1 aromatic heterocycles. The molecule has 6 heteroatoms. The first kappa shape index (κ1) is 15.1. The summed E-state index contributed by atoms with van der Waals surface area (Å²) in [6.45, 7) is 3.46. The normalized spacial score (nSPS) is 11.0.